The van der Waals surface area contributed by atoms with E-state index in [1.807, 2.05) is 0 Å². The van der Waals surface area contributed by atoms with Gasteiger partial charge in [-0.2, -0.15) is 0 Å². The predicted octanol–water partition coefficient (Wildman–Crippen LogP) is -17.1. The summed E-state index contributed by atoms with van der Waals surface area (Å²) in [7, 11) is 0. The number of aliphatic hydroxyl groups is 23. The molecular weight excluding hydrogens is 1100 g/mol. The molecule has 7 saturated heterocycles. The van der Waals surface area contributed by atoms with Crippen molar-refractivity contribution in [3.05, 3.63) is 0 Å². The van der Waals surface area contributed by atoms with E-state index in [9.17, 15) is 117 Å². The summed E-state index contributed by atoms with van der Waals surface area (Å²) in [6.45, 7) is -6.86. The van der Waals surface area contributed by atoms with Gasteiger partial charge in [-0.25, -0.2) is 0 Å². The van der Waals surface area contributed by atoms with E-state index in [0.29, 0.717) is 0 Å². The van der Waals surface area contributed by atoms with Crippen molar-refractivity contribution in [1.82, 2.24) is 0 Å². The van der Waals surface area contributed by atoms with Crippen LogP contribution in [0.2, 0.25) is 0 Å². The number of hydrogen-bond donors (Lipinski definition) is 23. The summed E-state index contributed by atoms with van der Waals surface area (Å²) in [6, 6.07) is 0. The van der Waals surface area contributed by atoms with E-state index in [1.165, 1.54) is 0 Å². The van der Waals surface area contributed by atoms with Crippen LogP contribution in [0.5, 0.6) is 0 Å². The van der Waals surface area contributed by atoms with Crippen LogP contribution in [0.4, 0.5) is 0 Å². The summed E-state index contributed by atoms with van der Waals surface area (Å²) in [5, 5.41) is 243. The zero-order valence-corrected chi connectivity index (χ0v) is 41.3. The molecule has 0 radical (unpaired) electrons. The highest BCUT2D eigenvalue weighted by molar-refractivity contribution is 5.01. The van der Waals surface area contributed by atoms with E-state index in [4.69, 9.17) is 61.6 Å². The largest absolute Gasteiger partial charge is 0.412 e. The summed E-state index contributed by atoms with van der Waals surface area (Å²) in [4.78, 5) is 0. The molecule has 0 amide bonds. The van der Waals surface area contributed by atoms with Crippen molar-refractivity contribution < 1.29 is 185 Å². The van der Waals surface area contributed by atoms with Crippen molar-refractivity contribution in [2.75, 3.05) is 46.2 Å². The highest BCUT2D eigenvalue weighted by Gasteiger charge is 2.58. The third-order valence-corrected chi connectivity index (χ3v) is 14.5. The molecule has 35 unspecified atom stereocenters. The number of hydrogen-bond acceptors (Lipinski definition) is 36. The first-order valence-electron chi connectivity index (χ1n) is 24.7. The standard InChI is InChI=1S/C42H72O36.H2O/c43-1-8-15(50)16(51)24(59)37(67-8)74-31-10(3-45)69-39(26(61)18(31)53)76-33-12(5-47)71-41(28(63)20(33)55)78-35-14(7-49)72-42(29(64)22(35)57)77-34-13(6-48)70-40(27(62)21(34)56)75-32-11(4-46)68-38(25(60)19(32)54)73-30-9(2-44)66-36(65)23(58)17(30)52;/h8-65H,1-7H2;1H2. The first-order valence-corrected chi connectivity index (χ1v) is 24.7. The summed E-state index contributed by atoms with van der Waals surface area (Å²) in [5.41, 5.74) is 0. The fraction of sp³-hybridized carbons (Fsp3) is 1.00. The highest BCUT2D eigenvalue weighted by Crippen LogP contribution is 2.37. The lowest BCUT2D eigenvalue weighted by Crippen LogP contribution is -2.68. The minimum Gasteiger partial charge on any atom is -0.412 e. The smallest absolute Gasteiger partial charge is 0.187 e. The second kappa shape index (κ2) is 28.6. The van der Waals surface area contributed by atoms with E-state index in [0.717, 1.165) is 0 Å². The Morgan fingerprint density at radius 1 is 0.203 bits per heavy atom. The Kier molecular flexibility index (Phi) is 24.1. The van der Waals surface area contributed by atoms with Crippen LogP contribution in [0.3, 0.4) is 0 Å². The first kappa shape index (κ1) is 66.7. The van der Waals surface area contributed by atoms with Gasteiger partial charge in [0.05, 0.1) is 46.2 Å². The molecule has 7 rings (SSSR count). The van der Waals surface area contributed by atoms with Gasteiger partial charge < -0.3 is 185 Å². The van der Waals surface area contributed by atoms with Crippen LogP contribution in [-0.2, 0) is 61.6 Å². The lowest BCUT2D eigenvalue weighted by molar-refractivity contribution is -0.398. The van der Waals surface area contributed by atoms with E-state index in [-0.39, 0.29) is 5.48 Å². The highest BCUT2D eigenvalue weighted by atomic mass is 16.8. The molecule has 0 aliphatic carbocycles. The summed E-state index contributed by atoms with van der Waals surface area (Å²) < 4.78 is 71.9. The Bertz CT molecular complexity index is 1810. The minimum atomic E-state index is -2.23. The van der Waals surface area contributed by atoms with Gasteiger partial charge in [0.15, 0.2) is 44.0 Å². The number of ether oxygens (including phenoxy) is 13. The zero-order chi connectivity index (χ0) is 57.3. The molecule has 0 saturated carbocycles. The number of aliphatic hydroxyl groups excluding tert-OH is 23. The van der Waals surface area contributed by atoms with Crippen LogP contribution in [0, 0.1) is 0 Å². The zero-order valence-electron chi connectivity index (χ0n) is 41.3. The van der Waals surface area contributed by atoms with Gasteiger partial charge in [-0.1, -0.05) is 0 Å². The molecule has 7 aliphatic rings. The van der Waals surface area contributed by atoms with Crippen molar-refractivity contribution >= 4 is 0 Å². The van der Waals surface area contributed by atoms with Crippen molar-refractivity contribution in [3.8, 4) is 0 Å². The van der Waals surface area contributed by atoms with Gasteiger partial charge in [0.1, 0.15) is 171 Å². The molecule has 7 aliphatic heterocycles. The van der Waals surface area contributed by atoms with Gasteiger partial charge >= 0.3 is 0 Å². The Labute approximate surface area is 445 Å². The molecule has 0 aromatic heterocycles. The molecule has 0 aromatic carbocycles. The lowest BCUT2D eigenvalue weighted by atomic mass is 9.95. The maximum absolute atomic E-state index is 11.3. The Morgan fingerprint density at radius 2 is 0.380 bits per heavy atom. The van der Waals surface area contributed by atoms with Gasteiger partial charge in [-0.05, 0) is 0 Å². The molecule has 35 atom stereocenters. The van der Waals surface area contributed by atoms with Crippen LogP contribution in [0.15, 0.2) is 0 Å². The number of rotatable bonds is 19. The Morgan fingerprint density at radius 3 is 0.595 bits per heavy atom. The Hall–Kier alpha value is -1.48. The van der Waals surface area contributed by atoms with Crippen LogP contribution in [0.25, 0.3) is 0 Å². The topological polar surface area (TPSA) is 617 Å². The van der Waals surface area contributed by atoms with Crippen LogP contribution >= 0.6 is 0 Å². The van der Waals surface area contributed by atoms with Gasteiger partial charge in [0, 0.05) is 0 Å². The molecule has 79 heavy (non-hydrogen) atoms. The fourth-order valence-corrected chi connectivity index (χ4v) is 10.0. The molecule has 0 spiro atoms. The monoisotopic (exact) mass is 1170 g/mol. The average Bonchev–Trinajstić information content (AvgIpc) is 3.47. The van der Waals surface area contributed by atoms with Gasteiger partial charge in [0.2, 0.25) is 0 Å². The van der Waals surface area contributed by atoms with Gasteiger partial charge in [0.25, 0.3) is 0 Å². The molecule has 464 valence electrons. The summed E-state index contributed by atoms with van der Waals surface area (Å²) >= 11 is 0. The quantitative estimate of drug-likeness (QED) is 0.0571. The Balaban J connectivity index is 0.0000101. The van der Waals surface area contributed by atoms with Crippen molar-refractivity contribution in [2.45, 2.75) is 215 Å². The maximum atomic E-state index is 11.3. The van der Waals surface area contributed by atoms with Gasteiger partial charge in [-0.15, -0.1) is 0 Å². The minimum absolute atomic E-state index is 0. The molecule has 37 heteroatoms. The molecular formula is C42H74O37. The average molecular weight is 1170 g/mol. The normalized spacial score (nSPS) is 52.8. The van der Waals surface area contributed by atoms with Crippen molar-refractivity contribution in [2.24, 2.45) is 0 Å². The van der Waals surface area contributed by atoms with E-state index >= 15 is 0 Å². The second-order valence-corrected chi connectivity index (χ2v) is 19.6. The first-order chi connectivity index (χ1) is 37.0. The second-order valence-electron chi connectivity index (χ2n) is 19.6. The molecule has 25 N–H and O–H groups in total. The molecule has 37 nitrogen and oxygen atoms in total. The van der Waals surface area contributed by atoms with Crippen molar-refractivity contribution in [3.63, 3.8) is 0 Å². The third-order valence-electron chi connectivity index (χ3n) is 14.5. The van der Waals surface area contributed by atoms with E-state index < -0.39 is 261 Å². The molecule has 7 fully saturated rings. The van der Waals surface area contributed by atoms with E-state index in [2.05, 4.69) is 0 Å². The van der Waals surface area contributed by atoms with Crippen LogP contribution in [-0.4, -0.2) is 384 Å². The van der Waals surface area contributed by atoms with E-state index in [1.54, 1.807) is 0 Å². The predicted molar refractivity (Wildman–Crippen MR) is 235 cm³/mol. The molecule has 7 heterocycles. The van der Waals surface area contributed by atoms with Crippen LogP contribution in [0.1, 0.15) is 0 Å². The SMILES string of the molecule is O.OCC1OC(OC2C(CO)OC(OC3C(CO)OC(OC4C(CO)OC(OC5C(CO)OC(OC6C(CO)OC(OC7C(CO)OC(O)C(O)C7O)C(O)C6O)C(O)C5O)C(O)C4O)C(O)C3O)C(O)C2O)C(O)C(O)C1O. The van der Waals surface area contributed by atoms with Crippen molar-refractivity contribution in [1.29, 1.82) is 0 Å². The summed E-state index contributed by atoms with van der Waals surface area (Å²) in [5.74, 6) is 0. The molecule has 0 aromatic rings. The van der Waals surface area contributed by atoms with Gasteiger partial charge in [-0.3, -0.25) is 0 Å². The lowest BCUT2D eigenvalue weighted by Gasteiger charge is -2.50. The maximum Gasteiger partial charge on any atom is 0.187 e. The molecule has 0 bridgehead atoms. The summed E-state index contributed by atoms with van der Waals surface area (Å²) in [6.07, 6.45) is -67.4. The third kappa shape index (κ3) is 13.6. The van der Waals surface area contributed by atoms with Crippen LogP contribution < -0.4 is 0 Å². The fourth-order valence-electron chi connectivity index (χ4n) is 10.0.